The van der Waals surface area contributed by atoms with Crippen molar-refractivity contribution in [2.45, 2.75) is 69.7 Å². The van der Waals surface area contributed by atoms with Gasteiger partial charge >= 0.3 is 21.3 Å². The quantitative estimate of drug-likeness (QED) is 0.201. The zero-order valence-corrected chi connectivity index (χ0v) is 20.8. The van der Waals surface area contributed by atoms with Crippen molar-refractivity contribution in [3.63, 3.8) is 0 Å². The van der Waals surface area contributed by atoms with Gasteiger partial charge in [-0.3, -0.25) is 23.4 Å². The van der Waals surface area contributed by atoms with Crippen molar-refractivity contribution in [3.05, 3.63) is 32.6 Å². The van der Waals surface area contributed by atoms with Gasteiger partial charge in [0.25, 0.3) is 5.56 Å². The number of hydrogen-bond donors (Lipinski definition) is 6. The van der Waals surface area contributed by atoms with Crippen molar-refractivity contribution >= 4 is 15.6 Å². The maximum absolute atomic E-state index is 12.3. The number of aliphatic hydroxyl groups is 2. The van der Waals surface area contributed by atoms with Crippen molar-refractivity contribution in [2.75, 3.05) is 13.7 Å². The van der Waals surface area contributed by atoms with Gasteiger partial charge in [0, 0.05) is 24.2 Å². The molecular formula is C17H29N3O13P2. The number of ether oxygens (including phenoxy) is 2. The summed E-state index contributed by atoms with van der Waals surface area (Å²) in [5.41, 5.74) is -1.14. The molecule has 3 heterocycles. The average molecular weight is 545 g/mol. The number of H-pyrrole nitrogens is 1. The molecule has 6 N–H and O–H groups in total. The third-order valence-electron chi connectivity index (χ3n) is 5.52. The Morgan fingerprint density at radius 2 is 1.89 bits per heavy atom. The third kappa shape index (κ3) is 7.16. The van der Waals surface area contributed by atoms with Gasteiger partial charge in [0.1, 0.15) is 18.4 Å². The van der Waals surface area contributed by atoms with Crippen LogP contribution in [-0.4, -0.2) is 80.0 Å². The Balaban J connectivity index is 1.59. The molecule has 18 heteroatoms. The lowest BCUT2D eigenvalue weighted by atomic mass is 10.0. The van der Waals surface area contributed by atoms with Crippen LogP contribution in [0.3, 0.4) is 0 Å². The van der Waals surface area contributed by atoms with Crippen molar-refractivity contribution in [1.29, 1.82) is 0 Å². The summed E-state index contributed by atoms with van der Waals surface area (Å²) in [5.74, 6) is 0. The number of aromatic amines is 1. The SMILES string of the molecule is CN[C@H]1C[C@@H](C)O[C@H](OP(=O)(O)OP(=O)(O)OC[C@H]2O[C@@H](n3cc(C)c(=O)[nH]c3=O)C[C@@H]2O)[C@@H]1O. The molecule has 2 unspecified atom stereocenters. The number of aryl methyl sites for hydroxylation is 1. The second kappa shape index (κ2) is 11.0. The molecule has 0 amide bonds. The Morgan fingerprint density at radius 1 is 1.20 bits per heavy atom. The largest absolute Gasteiger partial charge is 0.483 e. The Kier molecular flexibility index (Phi) is 8.90. The Labute approximate surface area is 199 Å². The highest BCUT2D eigenvalue weighted by Crippen LogP contribution is 2.61. The van der Waals surface area contributed by atoms with E-state index in [9.17, 15) is 38.7 Å². The minimum atomic E-state index is -5.27. The smallest absolute Gasteiger partial charge is 0.390 e. The summed E-state index contributed by atoms with van der Waals surface area (Å²) in [6, 6.07) is -0.534. The first-order valence-corrected chi connectivity index (χ1v) is 13.6. The minimum absolute atomic E-state index is 0.112. The maximum Gasteiger partial charge on any atom is 0.483 e. The molecule has 35 heavy (non-hydrogen) atoms. The molecule has 0 radical (unpaired) electrons. The van der Waals surface area contributed by atoms with E-state index in [-0.39, 0.29) is 12.0 Å². The Hall–Kier alpha value is -1.26. The first-order valence-electron chi connectivity index (χ1n) is 10.6. The molecule has 9 atom stereocenters. The van der Waals surface area contributed by atoms with Gasteiger partial charge in [-0.1, -0.05) is 0 Å². The normalized spacial score (nSPS) is 34.9. The minimum Gasteiger partial charge on any atom is -0.390 e. The highest BCUT2D eigenvalue weighted by molar-refractivity contribution is 7.61. The van der Waals surface area contributed by atoms with Gasteiger partial charge in [0.05, 0.1) is 18.8 Å². The van der Waals surface area contributed by atoms with E-state index in [0.29, 0.717) is 6.42 Å². The fourth-order valence-corrected chi connectivity index (χ4v) is 5.89. The zero-order valence-electron chi connectivity index (χ0n) is 19.0. The van der Waals surface area contributed by atoms with Crippen LogP contribution in [-0.2, 0) is 32.0 Å². The monoisotopic (exact) mass is 545 g/mol. The summed E-state index contributed by atoms with van der Waals surface area (Å²) in [6.07, 6.45) is -5.45. The van der Waals surface area contributed by atoms with Gasteiger partial charge in [0.15, 0.2) is 6.29 Å². The number of rotatable bonds is 9. The predicted octanol–water partition coefficient (Wildman–Crippen LogP) is -1.17. The van der Waals surface area contributed by atoms with E-state index < -0.39 is 76.5 Å². The number of nitrogens with zero attached hydrogens (tertiary/aromatic N) is 1. The summed E-state index contributed by atoms with van der Waals surface area (Å²) in [7, 11) is -8.94. The Bertz CT molecular complexity index is 1110. The lowest BCUT2D eigenvalue weighted by Crippen LogP contribution is -2.53. The highest BCUT2D eigenvalue weighted by Gasteiger charge is 2.45. The first-order chi connectivity index (χ1) is 16.2. The summed E-state index contributed by atoms with van der Waals surface area (Å²) < 4.78 is 50.0. The lowest BCUT2D eigenvalue weighted by molar-refractivity contribution is -0.211. The number of likely N-dealkylation sites (N-methyl/N-ethyl adjacent to an activating group) is 1. The molecule has 2 aliphatic rings. The molecule has 2 fully saturated rings. The summed E-state index contributed by atoms with van der Waals surface area (Å²) in [4.78, 5) is 45.4. The van der Waals surface area contributed by atoms with Crippen LogP contribution in [0.25, 0.3) is 0 Å². The van der Waals surface area contributed by atoms with Crippen LogP contribution in [0, 0.1) is 6.92 Å². The van der Waals surface area contributed by atoms with E-state index in [0.717, 1.165) is 4.57 Å². The molecule has 16 nitrogen and oxygen atoms in total. The van der Waals surface area contributed by atoms with Crippen LogP contribution in [0.5, 0.6) is 0 Å². The summed E-state index contributed by atoms with van der Waals surface area (Å²) in [6.45, 7) is 2.34. The molecule has 1 aromatic rings. The molecular weight excluding hydrogens is 516 g/mol. The van der Waals surface area contributed by atoms with E-state index in [1.807, 2.05) is 0 Å². The zero-order chi connectivity index (χ0) is 26.1. The van der Waals surface area contributed by atoms with Gasteiger partial charge in [-0.25, -0.2) is 13.9 Å². The third-order valence-corrected chi connectivity index (χ3v) is 8.12. The molecule has 0 spiro atoms. The van der Waals surface area contributed by atoms with E-state index >= 15 is 0 Å². The van der Waals surface area contributed by atoms with E-state index in [4.69, 9.17) is 14.0 Å². The fourth-order valence-electron chi connectivity index (χ4n) is 3.74. The van der Waals surface area contributed by atoms with Crippen molar-refractivity contribution in [3.8, 4) is 0 Å². The molecule has 200 valence electrons. The van der Waals surface area contributed by atoms with E-state index in [1.165, 1.54) is 13.1 Å². The molecule has 0 aliphatic carbocycles. The van der Waals surface area contributed by atoms with Crippen molar-refractivity contribution in [2.24, 2.45) is 0 Å². The van der Waals surface area contributed by atoms with Crippen LogP contribution < -0.4 is 16.6 Å². The van der Waals surface area contributed by atoms with Crippen LogP contribution in [0.2, 0.25) is 0 Å². The summed E-state index contributed by atoms with van der Waals surface area (Å²) in [5, 5.41) is 23.2. The highest BCUT2D eigenvalue weighted by atomic mass is 31.3. The van der Waals surface area contributed by atoms with Crippen molar-refractivity contribution in [1.82, 2.24) is 14.9 Å². The van der Waals surface area contributed by atoms with Crippen LogP contribution in [0.1, 0.15) is 31.6 Å². The second-order valence-electron chi connectivity index (χ2n) is 8.27. The van der Waals surface area contributed by atoms with E-state index in [2.05, 4.69) is 19.1 Å². The van der Waals surface area contributed by atoms with E-state index in [1.54, 1.807) is 14.0 Å². The van der Waals surface area contributed by atoms with Crippen LogP contribution in [0.4, 0.5) is 0 Å². The van der Waals surface area contributed by atoms with Crippen LogP contribution >= 0.6 is 15.6 Å². The van der Waals surface area contributed by atoms with Gasteiger partial charge in [0.2, 0.25) is 0 Å². The van der Waals surface area contributed by atoms with Crippen molar-refractivity contribution < 1.29 is 52.0 Å². The maximum atomic E-state index is 12.3. The summed E-state index contributed by atoms with van der Waals surface area (Å²) >= 11 is 0. The standard InChI is InChI=1S/C17H29N3O13P2/c1-8-6-20(17(24)19-15(8)23)13-5-11(21)12(31-13)7-29-34(25,26)33-35(27,28)32-16-14(22)10(18-3)4-9(2)30-16/h6,9-14,16,18,21-22H,4-5,7H2,1-3H3,(H,25,26)(H,27,28)(H,19,23,24)/t9-,10+,11+,12-,13-,14-,16-/m1/s1. The Morgan fingerprint density at radius 3 is 2.54 bits per heavy atom. The molecule has 2 saturated heterocycles. The number of nitrogens with one attached hydrogen (secondary N) is 2. The number of hydrogen-bond acceptors (Lipinski definition) is 12. The number of phosphoric ester groups is 2. The second-order valence-corrected chi connectivity index (χ2v) is 11.3. The molecule has 0 bridgehead atoms. The fraction of sp³-hybridized carbons (Fsp3) is 0.765. The van der Waals surface area contributed by atoms with Gasteiger partial charge in [-0.05, 0) is 27.3 Å². The molecule has 0 aromatic carbocycles. The lowest BCUT2D eigenvalue weighted by Gasteiger charge is -2.37. The average Bonchev–Trinajstić information content (AvgIpc) is 3.11. The molecule has 0 saturated carbocycles. The van der Waals surface area contributed by atoms with Gasteiger partial charge < -0.3 is 34.8 Å². The predicted molar refractivity (Wildman–Crippen MR) is 116 cm³/mol. The molecule has 2 aliphatic heterocycles. The number of phosphoric acid groups is 2. The number of aromatic nitrogens is 2. The first kappa shape index (κ1) is 28.3. The molecule has 1 aromatic heterocycles. The van der Waals surface area contributed by atoms with Gasteiger partial charge in [-0.2, -0.15) is 4.31 Å². The number of aliphatic hydroxyl groups excluding tert-OH is 2. The van der Waals surface area contributed by atoms with Crippen LogP contribution in [0.15, 0.2) is 15.8 Å². The molecule has 3 rings (SSSR count). The topological polar surface area (TPSA) is 228 Å². The van der Waals surface area contributed by atoms with Gasteiger partial charge in [-0.15, -0.1) is 0 Å².